The third-order valence-corrected chi connectivity index (χ3v) is 22.4. The predicted octanol–water partition coefficient (Wildman–Crippen LogP) is 0.439. The van der Waals surface area contributed by atoms with E-state index >= 15 is 9.59 Å². The van der Waals surface area contributed by atoms with Crippen LogP contribution in [0.4, 0.5) is 0 Å². The molecule has 111 heavy (non-hydrogen) atoms. The van der Waals surface area contributed by atoms with Crippen LogP contribution in [0.25, 0.3) is 11.0 Å². The maximum Gasteiger partial charge on any atom is 0.246 e. The van der Waals surface area contributed by atoms with Crippen molar-refractivity contribution in [3.05, 3.63) is 125 Å². The maximum atomic E-state index is 15.2. The summed E-state index contributed by atoms with van der Waals surface area (Å²) < 4.78 is 0. The zero-order valence-electron chi connectivity index (χ0n) is 63.8. The summed E-state index contributed by atoms with van der Waals surface area (Å²) in [6, 6.07) is 7.67. The number of amides is 13. The summed E-state index contributed by atoms with van der Waals surface area (Å²) >= 11 is 2.52. The number of primary amides is 1. The molecule has 3 aromatic carbocycles. The number of aliphatic hydroxyl groups excluding tert-OH is 2. The van der Waals surface area contributed by atoms with Crippen molar-refractivity contribution in [3.63, 3.8) is 0 Å². The molecular weight excluding hydrogens is 1470 g/mol. The molecule has 8 rings (SSSR count). The van der Waals surface area contributed by atoms with Gasteiger partial charge in [-0.25, -0.2) is 4.98 Å². The first kappa shape index (κ1) is 86.3. The van der Waals surface area contributed by atoms with E-state index < -0.39 is 172 Å². The number of aliphatic hydroxyl groups is 2. The molecule has 2 aliphatic heterocycles. The Morgan fingerprint density at radius 1 is 0.631 bits per heavy atom. The van der Waals surface area contributed by atoms with Crippen molar-refractivity contribution in [1.29, 1.82) is 0 Å². The van der Waals surface area contributed by atoms with Crippen LogP contribution in [-0.2, 0) is 93.1 Å². The molecule has 1 saturated heterocycles. The predicted molar refractivity (Wildman–Crippen MR) is 414 cm³/mol. The highest BCUT2D eigenvalue weighted by Gasteiger charge is 2.49. The number of nitrogens with two attached hydrogens (primary N) is 1. The van der Waals surface area contributed by atoms with Gasteiger partial charge in [0, 0.05) is 73.5 Å². The molecule has 1 aliphatic carbocycles. The largest absolute Gasteiger partial charge is 0.508 e. The Hall–Kier alpha value is -10.3. The van der Waals surface area contributed by atoms with E-state index in [-0.39, 0.29) is 74.5 Å². The van der Waals surface area contributed by atoms with E-state index in [4.69, 9.17) is 5.73 Å². The zero-order chi connectivity index (χ0) is 81.4. The van der Waals surface area contributed by atoms with Crippen LogP contribution >= 0.6 is 23.5 Å². The summed E-state index contributed by atoms with van der Waals surface area (Å²) in [5, 5.41) is 72.9. The van der Waals surface area contributed by atoms with Gasteiger partial charge < -0.3 is 94.5 Å². The highest BCUT2D eigenvalue weighted by atomic mass is 32.2. The number of hydrogen-bond acceptors (Lipinski definition) is 20. The molecule has 0 unspecified atom stereocenters. The molecule has 13 amide bonds. The van der Waals surface area contributed by atoms with Crippen molar-refractivity contribution in [2.45, 2.75) is 216 Å². The van der Waals surface area contributed by atoms with Crippen LogP contribution in [0.3, 0.4) is 0 Å². The Labute approximate surface area is 651 Å². The minimum absolute atomic E-state index is 0.00753. The molecule has 0 radical (unpaired) electrons. The van der Waals surface area contributed by atoms with Gasteiger partial charge in [-0.2, -0.15) is 23.5 Å². The molecule has 1 saturated carbocycles. The van der Waals surface area contributed by atoms with E-state index in [2.05, 4.69) is 68.5 Å². The topological polar surface area (TPSA) is 493 Å². The Morgan fingerprint density at radius 3 is 1.76 bits per heavy atom. The number of pyridine rings is 1. The maximum absolute atomic E-state index is 15.2. The number of phenolic OH excluding ortho intramolecular Hbond substituents is 2. The van der Waals surface area contributed by atoms with Gasteiger partial charge >= 0.3 is 0 Å². The van der Waals surface area contributed by atoms with Crippen LogP contribution in [0.2, 0.25) is 0 Å². The van der Waals surface area contributed by atoms with Gasteiger partial charge in [-0.05, 0) is 135 Å². The second-order valence-corrected chi connectivity index (χ2v) is 32.4. The van der Waals surface area contributed by atoms with E-state index in [0.29, 0.717) is 45.7 Å². The van der Waals surface area contributed by atoms with Crippen molar-refractivity contribution in [2.75, 3.05) is 18.1 Å². The van der Waals surface area contributed by atoms with Crippen LogP contribution in [0.15, 0.2) is 97.3 Å². The third-order valence-electron chi connectivity index (χ3n) is 20.2. The van der Waals surface area contributed by atoms with Gasteiger partial charge in [-0.1, -0.05) is 83.1 Å². The number of nitrogens with zero attached hydrogens (tertiary/aromatic N) is 2. The number of benzene rings is 3. The fourth-order valence-corrected chi connectivity index (χ4v) is 15.1. The highest BCUT2D eigenvalue weighted by Crippen LogP contribution is 2.33. The third kappa shape index (κ3) is 22.9. The van der Waals surface area contributed by atoms with Crippen molar-refractivity contribution < 1.29 is 82.8 Å². The van der Waals surface area contributed by atoms with E-state index in [1.165, 1.54) is 118 Å². The quantitative estimate of drug-likeness (QED) is 0.0853. The van der Waals surface area contributed by atoms with Gasteiger partial charge in [0.05, 0.1) is 12.2 Å². The van der Waals surface area contributed by atoms with Gasteiger partial charge in [-0.15, -0.1) is 0 Å². The number of carbonyl (C=O) groups is 13. The molecule has 2 fully saturated rings. The number of thioether (sulfide) groups is 2. The molecule has 32 nitrogen and oxygen atoms in total. The number of aromatic amines is 1. The minimum Gasteiger partial charge on any atom is -0.508 e. The monoisotopic (exact) mass is 1570 g/mol. The molecule has 13 atom stereocenters. The van der Waals surface area contributed by atoms with E-state index in [1.54, 1.807) is 59.0 Å². The van der Waals surface area contributed by atoms with E-state index in [0.717, 1.165) is 11.1 Å². The number of rotatable bonds is 11. The van der Waals surface area contributed by atoms with Crippen LogP contribution in [-0.4, -0.2) is 214 Å². The van der Waals surface area contributed by atoms with Gasteiger partial charge in [0.15, 0.2) is 0 Å². The number of fused-ring (bicyclic) bond motifs is 4. The lowest BCUT2D eigenvalue weighted by molar-refractivity contribution is -0.143. The summed E-state index contributed by atoms with van der Waals surface area (Å²) in [5.74, 6) is -11.6. The molecular formula is C77H103N15O17S2. The number of aromatic hydroxyl groups is 2. The summed E-state index contributed by atoms with van der Waals surface area (Å²) in [7, 11) is 0. The number of nitrogens with one attached hydrogen (secondary N) is 12. The van der Waals surface area contributed by atoms with Crippen LogP contribution in [0.5, 0.6) is 11.5 Å². The lowest BCUT2D eigenvalue weighted by Gasteiger charge is -2.42. The Morgan fingerprint density at radius 2 is 1.19 bits per heavy atom. The number of carbonyl (C=O) groups excluding carboxylic acids is 13. The lowest BCUT2D eigenvalue weighted by atomic mass is 9.75. The standard InChI is InChI=1S/C77H103N15O17S2/c1-40(2)76(10)73(108)88-60(43(5)94)70(105)86-56(62(78)98)38-110-36-47-15-11-16-48(31-47)37-111-39-57(82-44(6)95)65(100)89-61(75(7,8)9)71(106)85-55(33-46-21-25-51(97)26-22-46)72(107)92-30-13-18-58(92)68(103)87-59(42(4)93)69(104)84-54(34-49-35-80-63-52(49)17-12-29-79-63)67(102)91-77(27-14-28-77)74(109)81-41(3)64(99)83-53(66(101)90-76)32-45-19-23-50(96)24-20-45/h11-12,15-17,19-26,29,31,35,40-43,53-61,93-94,96-97H,13-14,18,27-28,30,32-34,36-39H2,1-10H3,(H2,78,98)(H,79,80)(H,81,109)(H,82,95)(H,83,99)(H,84,104)(H,85,106)(H,86,105)(H,87,103)(H,88,108)(H,89,100)(H,90,101)(H,91,102)/t41-,42+,43+,53-,54-,55-,56+,57-,58-,59-,60-,61+,76-/m0/s1. The summed E-state index contributed by atoms with van der Waals surface area (Å²) in [5.41, 5.74) is 4.59. The SMILES string of the molecule is CC(=O)N[C@H]1CSCc2cccc(c2)CSC[C@H](C(N)=O)NC(=O)[C@H]([C@@H](C)O)NC(=O)[C@](C)(C(C)C)NC(=O)[C@H](Cc2ccc(O)cc2)NC(=O)[C@H](C)NC(=O)C2(CCC2)NC(=O)[C@H](Cc2c[nH]c3ncccc23)NC(=O)[C@H]([C@@H](C)O)NC(=O)[C@@H]2CCCN2C(=O)[C@H](Cc2ccc(O)cc2)NC(=O)[C@H](C(C)(C)C)NC1=O. The number of hydrogen-bond donors (Lipinski definition) is 17. The smallest absolute Gasteiger partial charge is 0.246 e. The second-order valence-electron chi connectivity index (χ2n) is 30.3. The van der Waals surface area contributed by atoms with E-state index in [1.807, 2.05) is 18.2 Å². The normalized spacial score (nSPS) is 26.0. The lowest BCUT2D eigenvalue weighted by Crippen LogP contribution is -2.68. The number of aromatic nitrogens is 2. The molecule has 2 aromatic heterocycles. The Kier molecular flexibility index (Phi) is 29.6. The molecule has 5 aromatic rings. The molecule has 1 spiro atoms. The highest BCUT2D eigenvalue weighted by molar-refractivity contribution is 7.98. The molecule has 4 heterocycles. The fourth-order valence-electron chi connectivity index (χ4n) is 13.1. The first-order valence-corrected chi connectivity index (χ1v) is 39.2. The van der Waals surface area contributed by atoms with Crippen molar-refractivity contribution >= 4 is 111 Å². The summed E-state index contributed by atoms with van der Waals surface area (Å²) in [4.78, 5) is 196. The van der Waals surface area contributed by atoms with Gasteiger partial charge in [0.25, 0.3) is 0 Å². The fraction of sp³-hybridized carbons (Fsp3) is 0.506. The van der Waals surface area contributed by atoms with Crippen molar-refractivity contribution in [3.8, 4) is 11.5 Å². The Balaban J connectivity index is 1.12. The van der Waals surface area contributed by atoms with Crippen LogP contribution in [0, 0.1) is 11.3 Å². The summed E-state index contributed by atoms with van der Waals surface area (Å²) in [6.45, 7) is 14.6. The molecule has 2 bridgehead atoms. The first-order chi connectivity index (χ1) is 52.4. The van der Waals surface area contributed by atoms with Gasteiger partial charge in [0.2, 0.25) is 76.8 Å². The van der Waals surface area contributed by atoms with Crippen LogP contribution in [0.1, 0.15) is 129 Å². The number of phenols is 2. The average Bonchev–Trinajstić information content (AvgIpc) is 1.41. The average molecular weight is 1570 g/mol. The van der Waals surface area contributed by atoms with Crippen molar-refractivity contribution in [2.24, 2.45) is 17.1 Å². The zero-order valence-corrected chi connectivity index (χ0v) is 65.5. The number of H-pyrrole nitrogens is 1. The second kappa shape index (κ2) is 38.1. The summed E-state index contributed by atoms with van der Waals surface area (Å²) in [6.07, 6.45) is 0.0446. The van der Waals surface area contributed by atoms with E-state index in [9.17, 15) is 73.2 Å². The molecule has 600 valence electrons. The minimum atomic E-state index is -1.90. The molecule has 3 aliphatic rings. The Bertz CT molecular complexity index is 4230. The van der Waals surface area contributed by atoms with Gasteiger partial charge in [0.1, 0.15) is 88.6 Å². The molecule has 18 N–H and O–H groups in total. The molecule has 34 heteroatoms. The van der Waals surface area contributed by atoms with Gasteiger partial charge in [-0.3, -0.25) is 62.3 Å². The van der Waals surface area contributed by atoms with Crippen molar-refractivity contribution in [1.82, 2.24) is 73.4 Å². The first-order valence-electron chi connectivity index (χ1n) is 36.9. The van der Waals surface area contributed by atoms with Crippen LogP contribution < -0.4 is 64.2 Å².